The molecule has 2 aliphatic rings. The number of sulfonamides is 1. The number of anilines is 1. The second-order valence-corrected chi connectivity index (χ2v) is 13.1. The lowest BCUT2D eigenvalue weighted by Crippen LogP contribution is -2.38. The van der Waals surface area contributed by atoms with Gasteiger partial charge in [-0.15, -0.1) is 0 Å². The molecular formula is C27H34N4O5S2. The van der Waals surface area contributed by atoms with Gasteiger partial charge in [0, 0.05) is 37.3 Å². The van der Waals surface area contributed by atoms with E-state index in [1.165, 1.54) is 27.8 Å². The summed E-state index contributed by atoms with van der Waals surface area (Å²) in [5, 5.41) is 0.584. The van der Waals surface area contributed by atoms with Crippen molar-refractivity contribution < 1.29 is 22.7 Å². The van der Waals surface area contributed by atoms with Crippen LogP contribution >= 0.6 is 11.3 Å². The molecule has 5 rings (SSSR count). The highest BCUT2D eigenvalue weighted by atomic mass is 32.2. The molecule has 0 atom stereocenters. The molecule has 0 unspecified atom stereocenters. The van der Waals surface area contributed by atoms with Gasteiger partial charge in [0.25, 0.3) is 5.91 Å². The zero-order valence-corrected chi connectivity index (χ0v) is 23.7. The van der Waals surface area contributed by atoms with Crippen molar-refractivity contribution in [3.63, 3.8) is 0 Å². The number of aromatic nitrogens is 1. The van der Waals surface area contributed by atoms with Crippen LogP contribution in [0.5, 0.6) is 11.5 Å². The van der Waals surface area contributed by atoms with E-state index in [9.17, 15) is 13.2 Å². The first-order chi connectivity index (χ1) is 18.2. The van der Waals surface area contributed by atoms with E-state index in [-0.39, 0.29) is 23.6 Å². The lowest BCUT2D eigenvalue weighted by molar-refractivity contribution is 0.0986. The Kier molecular flexibility index (Phi) is 7.90. The number of carbonyl (C=O) groups excluding carboxylic acids is 1. The number of benzene rings is 2. The molecule has 1 saturated carbocycles. The summed E-state index contributed by atoms with van der Waals surface area (Å²) in [6.07, 6.45) is 5.79. The average molecular weight is 559 g/mol. The number of hydrogen-bond acceptors (Lipinski definition) is 8. The lowest BCUT2D eigenvalue weighted by atomic mass is 9.96. The van der Waals surface area contributed by atoms with Gasteiger partial charge < -0.3 is 14.4 Å². The monoisotopic (exact) mass is 558 g/mol. The van der Waals surface area contributed by atoms with Crippen molar-refractivity contribution >= 4 is 42.6 Å². The van der Waals surface area contributed by atoms with Gasteiger partial charge in [0.15, 0.2) is 16.6 Å². The van der Waals surface area contributed by atoms with Crippen LogP contribution in [0.25, 0.3) is 10.2 Å². The van der Waals surface area contributed by atoms with Gasteiger partial charge >= 0.3 is 0 Å². The van der Waals surface area contributed by atoms with E-state index in [1.54, 1.807) is 24.1 Å². The molecule has 0 saturated heterocycles. The quantitative estimate of drug-likeness (QED) is 0.380. The molecule has 1 fully saturated rings. The average Bonchev–Trinajstić information content (AvgIpc) is 3.55. The normalized spacial score (nSPS) is 16.0. The molecule has 0 N–H and O–H groups in total. The molecule has 1 aromatic heterocycles. The highest BCUT2D eigenvalue weighted by molar-refractivity contribution is 7.89. The van der Waals surface area contributed by atoms with Crippen LogP contribution < -0.4 is 14.4 Å². The van der Waals surface area contributed by atoms with E-state index < -0.39 is 10.0 Å². The van der Waals surface area contributed by atoms with E-state index in [2.05, 4.69) is 4.90 Å². The third-order valence-electron chi connectivity index (χ3n) is 7.20. The molecule has 2 heterocycles. The lowest BCUT2D eigenvalue weighted by Gasteiger charge is -2.30. The minimum absolute atomic E-state index is 0.0263. The minimum Gasteiger partial charge on any atom is -0.454 e. The van der Waals surface area contributed by atoms with Gasteiger partial charge in [-0.3, -0.25) is 9.69 Å². The Labute approximate surface area is 228 Å². The number of rotatable bonds is 9. The number of carbonyl (C=O) groups is 1. The Balaban J connectivity index is 1.39. The largest absolute Gasteiger partial charge is 0.454 e. The number of hydrogen-bond donors (Lipinski definition) is 0. The minimum atomic E-state index is -3.63. The Morgan fingerprint density at radius 2 is 1.68 bits per heavy atom. The fourth-order valence-corrected chi connectivity index (χ4v) is 7.40. The van der Waals surface area contributed by atoms with Gasteiger partial charge in [-0.25, -0.2) is 13.4 Å². The number of nitrogens with zero attached hydrogens (tertiary/aromatic N) is 4. The second-order valence-electron chi connectivity index (χ2n) is 10.1. The standard InChI is InChI=1S/C27H34N4O5S2/c1-29(2)14-7-15-31(27-28-22-16-23-24(36-18-35-23)17-25(22)37-27)26(32)19-10-12-21(13-11-19)38(33,34)30(3)20-8-5-4-6-9-20/h10-13,16-17,20H,4-9,14-15,18H2,1-3H3. The van der Waals surface area contributed by atoms with Gasteiger partial charge in [0.05, 0.1) is 15.1 Å². The first-order valence-electron chi connectivity index (χ1n) is 13.0. The van der Waals surface area contributed by atoms with Crippen LogP contribution in [0, 0.1) is 0 Å². The van der Waals surface area contributed by atoms with Crippen molar-refractivity contribution in [2.45, 2.75) is 49.5 Å². The summed E-state index contributed by atoms with van der Waals surface area (Å²) in [5.74, 6) is 1.11. The number of ether oxygens (including phenoxy) is 2. The molecule has 1 aliphatic heterocycles. The molecule has 0 radical (unpaired) electrons. The van der Waals surface area contributed by atoms with Crippen molar-refractivity contribution in [1.82, 2.24) is 14.2 Å². The van der Waals surface area contributed by atoms with Gasteiger partial charge in [-0.1, -0.05) is 30.6 Å². The fraction of sp³-hybridized carbons (Fsp3) is 0.481. The van der Waals surface area contributed by atoms with Crippen LogP contribution in [-0.4, -0.2) is 75.6 Å². The van der Waals surface area contributed by atoms with E-state index in [0.29, 0.717) is 28.7 Å². The predicted octanol–water partition coefficient (Wildman–Crippen LogP) is 4.58. The molecule has 1 amide bonds. The maximum atomic E-state index is 13.7. The van der Waals surface area contributed by atoms with Crippen molar-refractivity contribution in [3.05, 3.63) is 42.0 Å². The molecule has 0 spiro atoms. The van der Waals surface area contributed by atoms with Crippen molar-refractivity contribution in [3.8, 4) is 11.5 Å². The zero-order chi connectivity index (χ0) is 26.9. The predicted molar refractivity (Wildman–Crippen MR) is 149 cm³/mol. The molecule has 38 heavy (non-hydrogen) atoms. The van der Waals surface area contributed by atoms with Crippen LogP contribution in [0.4, 0.5) is 5.13 Å². The number of amides is 1. The van der Waals surface area contributed by atoms with Crippen molar-refractivity contribution in [2.75, 3.05) is 45.9 Å². The number of fused-ring (bicyclic) bond motifs is 2. The topological polar surface area (TPSA) is 92.3 Å². The summed E-state index contributed by atoms with van der Waals surface area (Å²) >= 11 is 1.42. The molecule has 0 bridgehead atoms. The van der Waals surface area contributed by atoms with Crippen LogP contribution in [0.1, 0.15) is 48.9 Å². The van der Waals surface area contributed by atoms with Crippen molar-refractivity contribution in [2.24, 2.45) is 0 Å². The summed E-state index contributed by atoms with van der Waals surface area (Å²) < 4.78 is 39.9. The van der Waals surface area contributed by atoms with Crippen molar-refractivity contribution in [1.29, 1.82) is 0 Å². The Morgan fingerprint density at radius 1 is 1.00 bits per heavy atom. The summed E-state index contributed by atoms with van der Waals surface area (Å²) in [7, 11) is 2.02. The molecule has 204 valence electrons. The first kappa shape index (κ1) is 26.9. The Hall–Kier alpha value is -2.73. The van der Waals surface area contributed by atoms with Gasteiger partial charge in [0.2, 0.25) is 16.8 Å². The van der Waals surface area contributed by atoms with E-state index >= 15 is 0 Å². The third kappa shape index (κ3) is 5.51. The van der Waals surface area contributed by atoms with Gasteiger partial charge in [0.1, 0.15) is 0 Å². The zero-order valence-electron chi connectivity index (χ0n) is 22.1. The summed E-state index contributed by atoms with van der Waals surface area (Å²) in [4.78, 5) is 22.4. The highest BCUT2D eigenvalue weighted by Crippen LogP contribution is 2.40. The highest BCUT2D eigenvalue weighted by Gasteiger charge is 2.30. The summed E-state index contributed by atoms with van der Waals surface area (Å²) in [5.41, 5.74) is 1.16. The Morgan fingerprint density at radius 3 is 2.37 bits per heavy atom. The molecular weight excluding hydrogens is 524 g/mol. The summed E-state index contributed by atoms with van der Waals surface area (Å²) in [6, 6.07) is 10.0. The molecule has 9 nitrogen and oxygen atoms in total. The van der Waals surface area contributed by atoms with E-state index in [1.807, 2.05) is 26.2 Å². The Bertz CT molecular complexity index is 1360. The maximum Gasteiger partial charge on any atom is 0.260 e. The molecule has 2 aromatic carbocycles. The summed E-state index contributed by atoms with van der Waals surface area (Å²) in [6.45, 7) is 1.49. The smallest absolute Gasteiger partial charge is 0.260 e. The van der Waals surface area contributed by atoms with Crippen LogP contribution in [-0.2, 0) is 10.0 Å². The molecule has 3 aromatic rings. The fourth-order valence-electron chi connectivity index (χ4n) is 4.98. The van der Waals surface area contributed by atoms with E-state index in [4.69, 9.17) is 14.5 Å². The second kappa shape index (κ2) is 11.2. The number of thiazole rings is 1. The van der Waals surface area contributed by atoms with Gasteiger partial charge in [-0.05, 0) is 64.2 Å². The van der Waals surface area contributed by atoms with Crippen LogP contribution in [0.15, 0.2) is 41.3 Å². The first-order valence-corrected chi connectivity index (χ1v) is 15.2. The maximum absolute atomic E-state index is 13.7. The molecule has 1 aliphatic carbocycles. The van der Waals surface area contributed by atoms with Crippen LogP contribution in [0.3, 0.4) is 0 Å². The van der Waals surface area contributed by atoms with Crippen LogP contribution in [0.2, 0.25) is 0 Å². The molecule has 11 heteroatoms. The van der Waals surface area contributed by atoms with Gasteiger partial charge in [-0.2, -0.15) is 4.31 Å². The third-order valence-corrected chi connectivity index (χ3v) is 10.2. The van der Waals surface area contributed by atoms with E-state index in [0.717, 1.165) is 55.3 Å². The SMILES string of the molecule is CN(C)CCCN(C(=O)c1ccc(S(=O)(=O)N(C)C2CCCCC2)cc1)c1nc2cc3c(cc2s1)OCO3.